The number of rotatable bonds is 5. The number of nitrogens with zero attached hydrogens (tertiary/aromatic N) is 2. The largest absolute Gasteiger partial charge is 0.353 e. The molecule has 24 heavy (non-hydrogen) atoms. The lowest BCUT2D eigenvalue weighted by Crippen LogP contribution is -2.48. The van der Waals surface area contributed by atoms with Crippen LogP contribution in [-0.2, 0) is 26.3 Å². The van der Waals surface area contributed by atoms with Crippen molar-refractivity contribution in [3.05, 3.63) is 21.6 Å². The predicted molar refractivity (Wildman–Crippen MR) is 82.6 cm³/mol. The van der Waals surface area contributed by atoms with E-state index in [9.17, 15) is 18.5 Å². The summed E-state index contributed by atoms with van der Waals surface area (Å²) in [6, 6.07) is 0. The first kappa shape index (κ1) is 16.0. The molecule has 0 unspecified atom stereocenters. The first-order valence-electron chi connectivity index (χ1n) is 8.23. The van der Waals surface area contributed by atoms with Crippen LogP contribution in [0.1, 0.15) is 50.0 Å². The number of aromatic nitrogens is 1. The highest BCUT2D eigenvalue weighted by molar-refractivity contribution is 7.85. The smallest absolute Gasteiger partial charge is 0.337 e. The van der Waals surface area contributed by atoms with Crippen molar-refractivity contribution in [1.82, 2.24) is 5.16 Å². The molecule has 0 N–H and O–H groups in total. The van der Waals surface area contributed by atoms with Crippen molar-refractivity contribution >= 4 is 15.8 Å². The van der Waals surface area contributed by atoms with Gasteiger partial charge < -0.3 is 4.52 Å². The van der Waals surface area contributed by atoms with E-state index in [1.165, 1.54) is 19.3 Å². The molecule has 0 radical (unpaired) electrons. The average Bonchev–Trinajstić information content (AvgIpc) is 2.87. The monoisotopic (exact) mass is 356 g/mol. The number of hydrogen-bond donors (Lipinski definition) is 0. The van der Waals surface area contributed by atoms with E-state index >= 15 is 0 Å². The Morgan fingerprint density at radius 2 is 1.79 bits per heavy atom. The summed E-state index contributed by atoms with van der Waals surface area (Å²) in [7, 11) is -3.70. The molecule has 5 rings (SSSR count). The van der Waals surface area contributed by atoms with E-state index in [0.717, 1.165) is 25.5 Å². The van der Waals surface area contributed by atoms with Crippen molar-refractivity contribution in [1.29, 1.82) is 0 Å². The molecule has 9 heteroatoms. The molecule has 4 saturated carbocycles. The van der Waals surface area contributed by atoms with Crippen LogP contribution >= 0.6 is 0 Å². The van der Waals surface area contributed by atoms with Crippen LogP contribution < -0.4 is 0 Å². The second kappa shape index (κ2) is 5.26. The highest BCUT2D eigenvalue weighted by Gasteiger charge is 2.56. The summed E-state index contributed by atoms with van der Waals surface area (Å²) in [6.45, 7) is -0.467. The van der Waals surface area contributed by atoms with E-state index in [0.29, 0.717) is 23.5 Å². The quantitative estimate of drug-likeness (QED) is 0.452. The molecule has 4 aliphatic rings. The van der Waals surface area contributed by atoms with Crippen LogP contribution in [0, 0.1) is 27.9 Å². The fraction of sp³-hybridized carbons (Fsp3) is 0.800. The normalized spacial score (nSPS) is 34.6. The summed E-state index contributed by atoms with van der Waals surface area (Å²) in [6.07, 6.45) is 7.25. The number of nitro groups is 1. The van der Waals surface area contributed by atoms with E-state index in [-0.39, 0.29) is 16.8 Å². The van der Waals surface area contributed by atoms with Gasteiger partial charge in [-0.15, -0.1) is 0 Å². The Morgan fingerprint density at radius 3 is 2.25 bits per heavy atom. The van der Waals surface area contributed by atoms with Gasteiger partial charge in [-0.3, -0.25) is 14.3 Å². The molecule has 0 amide bonds. The van der Waals surface area contributed by atoms with Gasteiger partial charge in [-0.1, -0.05) is 5.16 Å². The molecule has 0 saturated heterocycles. The maximum atomic E-state index is 11.6. The van der Waals surface area contributed by atoms with E-state index in [4.69, 9.17) is 4.52 Å². The third-order valence-electron chi connectivity index (χ3n) is 5.85. The zero-order valence-electron chi connectivity index (χ0n) is 13.4. The maximum Gasteiger partial charge on any atom is 0.337 e. The van der Waals surface area contributed by atoms with Crippen LogP contribution in [0.5, 0.6) is 0 Å². The first-order chi connectivity index (χ1) is 11.3. The van der Waals surface area contributed by atoms with Gasteiger partial charge in [-0.2, -0.15) is 8.42 Å². The van der Waals surface area contributed by atoms with Crippen molar-refractivity contribution in [2.45, 2.75) is 50.5 Å². The SMILES string of the molecule is CS(=O)(=O)OCc1noc(C23CC4CC(CC(C4)C2)C3)c1[N+](=O)[O-]. The molecule has 0 aromatic carbocycles. The van der Waals surface area contributed by atoms with E-state index in [1.807, 2.05) is 0 Å². The topological polar surface area (TPSA) is 113 Å². The Balaban J connectivity index is 1.71. The average molecular weight is 356 g/mol. The van der Waals surface area contributed by atoms with Crippen molar-refractivity contribution in [2.24, 2.45) is 17.8 Å². The lowest BCUT2D eigenvalue weighted by Gasteiger charge is -2.55. The van der Waals surface area contributed by atoms with Crippen molar-refractivity contribution < 1.29 is 22.0 Å². The number of hydrogen-bond acceptors (Lipinski definition) is 7. The molecule has 1 aromatic rings. The second-order valence-corrected chi connectivity index (χ2v) is 9.37. The molecule has 4 bridgehead atoms. The zero-order chi connectivity index (χ0) is 17.1. The standard InChI is InChI=1S/C15H20N2O6S/c1-24(20,21)22-8-12-13(17(18)19)14(23-16-12)15-5-9-2-10(6-15)4-11(3-9)7-15/h9-11H,2-8H2,1H3. The highest BCUT2D eigenvalue weighted by atomic mass is 32.2. The third-order valence-corrected chi connectivity index (χ3v) is 6.39. The minimum atomic E-state index is -3.70. The Kier molecular flexibility index (Phi) is 3.51. The van der Waals surface area contributed by atoms with Gasteiger partial charge in [-0.05, 0) is 56.3 Å². The van der Waals surface area contributed by atoms with Crippen molar-refractivity contribution in [3.63, 3.8) is 0 Å². The summed E-state index contributed by atoms with van der Waals surface area (Å²) >= 11 is 0. The lowest BCUT2D eigenvalue weighted by molar-refractivity contribution is -0.387. The Bertz CT molecular complexity index is 749. The summed E-state index contributed by atoms with van der Waals surface area (Å²) in [4.78, 5) is 11.1. The van der Waals surface area contributed by atoms with E-state index in [1.54, 1.807) is 0 Å². The van der Waals surface area contributed by atoms with Gasteiger partial charge in [0.2, 0.25) is 5.76 Å². The molecule has 4 aliphatic carbocycles. The maximum absolute atomic E-state index is 11.6. The van der Waals surface area contributed by atoms with Crippen LogP contribution in [0.2, 0.25) is 0 Å². The van der Waals surface area contributed by atoms with Crippen LogP contribution in [0.4, 0.5) is 5.69 Å². The summed E-state index contributed by atoms with van der Waals surface area (Å²) < 4.78 is 32.5. The van der Waals surface area contributed by atoms with Crippen molar-refractivity contribution in [2.75, 3.05) is 6.26 Å². The summed E-state index contributed by atoms with van der Waals surface area (Å²) in [5.41, 5.74) is -0.551. The van der Waals surface area contributed by atoms with Crippen LogP contribution in [0.25, 0.3) is 0 Å². The van der Waals surface area contributed by atoms with E-state index < -0.39 is 21.6 Å². The summed E-state index contributed by atoms with van der Waals surface area (Å²) in [5, 5.41) is 15.4. The predicted octanol–water partition coefficient (Wildman–Crippen LogP) is 2.53. The molecular formula is C15H20N2O6S. The van der Waals surface area contributed by atoms with Crippen LogP contribution in [0.3, 0.4) is 0 Å². The zero-order valence-corrected chi connectivity index (χ0v) is 14.3. The fourth-order valence-corrected chi connectivity index (χ4v) is 5.83. The van der Waals surface area contributed by atoms with Gasteiger partial charge in [0.05, 0.1) is 11.2 Å². The second-order valence-electron chi connectivity index (χ2n) is 7.73. The van der Waals surface area contributed by atoms with Gasteiger partial charge in [0, 0.05) is 5.41 Å². The van der Waals surface area contributed by atoms with E-state index in [2.05, 4.69) is 9.34 Å². The van der Waals surface area contributed by atoms with Gasteiger partial charge in [0.1, 0.15) is 6.61 Å². The molecule has 1 heterocycles. The minimum Gasteiger partial charge on any atom is -0.353 e. The molecule has 0 aliphatic heterocycles. The van der Waals surface area contributed by atoms with Gasteiger partial charge >= 0.3 is 5.69 Å². The van der Waals surface area contributed by atoms with Gasteiger partial charge in [0.25, 0.3) is 10.1 Å². The third kappa shape index (κ3) is 2.63. The molecular weight excluding hydrogens is 336 g/mol. The minimum absolute atomic E-state index is 0.0452. The first-order valence-corrected chi connectivity index (χ1v) is 10.1. The van der Waals surface area contributed by atoms with Crippen molar-refractivity contribution in [3.8, 4) is 0 Å². The highest BCUT2D eigenvalue weighted by Crippen LogP contribution is 2.62. The fourth-order valence-electron chi connectivity index (χ4n) is 5.50. The Hall–Kier alpha value is -1.48. The molecule has 0 atom stereocenters. The Morgan fingerprint density at radius 1 is 1.25 bits per heavy atom. The molecule has 4 fully saturated rings. The summed E-state index contributed by atoms with van der Waals surface area (Å²) in [5.74, 6) is 2.16. The van der Waals surface area contributed by atoms with Crippen LogP contribution in [-0.4, -0.2) is 24.8 Å². The molecule has 132 valence electrons. The van der Waals surface area contributed by atoms with Crippen LogP contribution in [0.15, 0.2) is 4.52 Å². The molecule has 1 aromatic heterocycles. The van der Waals surface area contributed by atoms with Gasteiger partial charge in [0.15, 0.2) is 5.69 Å². The lowest BCUT2D eigenvalue weighted by atomic mass is 9.49. The Labute approximate surface area is 139 Å². The molecule has 8 nitrogen and oxygen atoms in total. The molecule has 0 spiro atoms. The van der Waals surface area contributed by atoms with Gasteiger partial charge in [-0.25, -0.2) is 0 Å².